The first-order valence-electron chi connectivity index (χ1n) is 8.10. The average molecular weight is 321 g/mol. The van der Waals surface area contributed by atoms with Gasteiger partial charge >= 0.3 is 0 Å². The lowest BCUT2D eigenvalue weighted by Gasteiger charge is -2.33. The van der Waals surface area contributed by atoms with Crippen LogP contribution in [-0.4, -0.2) is 40.5 Å². The van der Waals surface area contributed by atoms with E-state index in [9.17, 15) is 0 Å². The molecule has 5 heteroatoms. The van der Waals surface area contributed by atoms with E-state index in [4.69, 9.17) is 0 Å². The smallest absolute Gasteiger partial charge is 0.139 e. The fraction of sp³-hybridized carbons (Fsp3) is 0.588. The normalized spacial score (nSPS) is 21.3. The summed E-state index contributed by atoms with van der Waals surface area (Å²) in [5.41, 5.74) is 4.25. The lowest BCUT2D eigenvalue weighted by atomic mass is 9.78. The molecule has 4 heterocycles. The standard InChI is InChI=1S/C17H24N4.ClH/c1-14-3-2-9-21-15(11-19-16(14)21)12-20-10-6-17(13-20)4-7-18-8-5-17;/h2-3,9,11,18H,4-8,10,12-13H2,1H3;1H. The molecule has 4 nitrogen and oxygen atoms in total. The fourth-order valence-corrected chi connectivity index (χ4v) is 4.08. The van der Waals surface area contributed by atoms with Gasteiger partial charge in [0, 0.05) is 19.3 Å². The third-order valence-electron chi connectivity index (χ3n) is 5.37. The van der Waals surface area contributed by atoms with E-state index in [1.54, 1.807) is 0 Å². The molecule has 0 amide bonds. The van der Waals surface area contributed by atoms with Crippen LogP contribution in [0, 0.1) is 12.3 Å². The molecule has 0 radical (unpaired) electrons. The topological polar surface area (TPSA) is 32.6 Å². The van der Waals surface area contributed by atoms with Gasteiger partial charge in [0.15, 0.2) is 0 Å². The van der Waals surface area contributed by atoms with Crippen molar-refractivity contribution in [1.29, 1.82) is 0 Å². The number of pyridine rings is 1. The van der Waals surface area contributed by atoms with Crippen molar-refractivity contribution in [3.8, 4) is 0 Å². The van der Waals surface area contributed by atoms with Crippen LogP contribution < -0.4 is 5.32 Å². The van der Waals surface area contributed by atoms with E-state index in [1.165, 1.54) is 56.7 Å². The van der Waals surface area contributed by atoms with Crippen molar-refractivity contribution in [2.75, 3.05) is 26.2 Å². The summed E-state index contributed by atoms with van der Waals surface area (Å²) in [6.45, 7) is 8.05. The van der Waals surface area contributed by atoms with Gasteiger partial charge in [0.2, 0.25) is 0 Å². The minimum atomic E-state index is 0. The zero-order valence-electron chi connectivity index (χ0n) is 13.2. The van der Waals surface area contributed by atoms with Crippen molar-refractivity contribution in [3.05, 3.63) is 35.8 Å². The molecule has 4 rings (SSSR count). The minimum Gasteiger partial charge on any atom is -0.317 e. The van der Waals surface area contributed by atoms with Crippen LogP contribution in [0.5, 0.6) is 0 Å². The molecule has 0 aromatic carbocycles. The summed E-state index contributed by atoms with van der Waals surface area (Å²) >= 11 is 0. The Hall–Kier alpha value is -1.10. The van der Waals surface area contributed by atoms with Gasteiger partial charge < -0.3 is 9.72 Å². The molecule has 2 fully saturated rings. The number of fused-ring (bicyclic) bond motifs is 1. The Kier molecular flexibility index (Phi) is 4.44. The van der Waals surface area contributed by atoms with Gasteiger partial charge in [-0.05, 0) is 62.9 Å². The number of hydrogen-bond acceptors (Lipinski definition) is 3. The van der Waals surface area contributed by atoms with Gasteiger partial charge in [-0.25, -0.2) is 4.98 Å². The lowest BCUT2D eigenvalue weighted by Crippen LogP contribution is -2.38. The van der Waals surface area contributed by atoms with Gasteiger partial charge in [0.1, 0.15) is 5.65 Å². The Balaban J connectivity index is 0.00000144. The molecule has 2 aliphatic heterocycles. The summed E-state index contributed by atoms with van der Waals surface area (Å²) in [4.78, 5) is 7.21. The first-order valence-corrected chi connectivity index (χ1v) is 8.10. The summed E-state index contributed by atoms with van der Waals surface area (Å²) in [5, 5.41) is 3.49. The Morgan fingerprint density at radius 1 is 1.27 bits per heavy atom. The largest absolute Gasteiger partial charge is 0.317 e. The quantitative estimate of drug-likeness (QED) is 0.923. The summed E-state index contributed by atoms with van der Waals surface area (Å²) in [6, 6.07) is 4.25. The summed E-state index contributed by atoms with van der Waals surface area (Å²) in [6.07, 6.45) is 8.24. The highest BCUT2D eigenvalue weighted by Gasteiger charge is 2.38. The van der Waals surface area contributed by atoms with Crippen LogP contribution in [-0.2, 0) is 6.54 Å². The van der Waals surface area contributed by atoms with Crippen molar-refractivity contribution in [1.82, 2.24) is 19.6 Å². The number of halogens is 1. The number of likely N-dealkylation sites (tertiary alicyclic amines) is 1. The molecule has 120 valence electrons. The van der Waals surface area contributed by atoms with E-state index < -0.39 is 0 Å². The van der Waals surface area contributed by atoms with Crippen LogP contribution >= 0.6 is 12.4 Å². The number of piperidine rings is 1. The van der Waals surface area contributed by atoms with Gasteiger partial charge in [-0.15, -0.1) is 12.4 Å². The van der Waals surface area contributed by atoms with Crippen LogP contribution in [0.1, 0.15) is 30.5 Å². The van der Waals surface area contributed by atoms with Crippen LogP contribution in [0.4, 0.5) is 0 Å². The maximum absolute atomic E-state index is 4.59. The van der Waals surface area contributed by atoms with E-state index in [-0.39, 0.29) is 12.4 Å². The van der Waals surface area contributed by atoms with E-state index in [0.29, 0.717) is 5.41 Å². The fourth-order valence-electron chi connectivity index (χ4n) is 4.08. The Morgan fingerprint density at radius 2 is 2.09 bits per heavy atom. The van der Waals surface area contributed by atoms with Gasteiger partial charge in [-0.2, -0.15) is 0 Å². The van der Waals surface area contributed by atoms with Crippen LogP contribution in [0.3, 0.4) is 0 Å². The third kappa shape index (κ3) is 2.75. The van der Waals surface area contributed by atoms with Gasteiger partial charge in [-0.3, -0.25) is 4.90 Å². The first kappa shape index (κ1) is 15.8. The summed E-state index contributed by atoms with van der Waals surface area (Å²) < 4.78 is 2.25. The minimum absolute atomic E-state index is 0. The summed E-state index contributed by atoms with van der Waals surface area (Å²) in [5.74, 6) is 0. The maximum Gasteiger partial charge on any atom is 0.139 e. The maximum atomic E-state index is 4.59. The third-order valence-corrected chi connectivity index (χ3v) is 5.37. The summed E-state index contributed by atoms with van der Waals surface area (Å²) in [7, 11) is 0. The number of hydrogen-bond donors (Lipinski definition) is 1. The lowest BCUT2D eigenvalue weighted by molar-refractivity contribution is 0.193. The van der Waals surface area contributed by atoms with E-state index in [2.05, 4.69) is 51.1 Å². The van der Waals surface area contributed by atoms with Crippen molar-refractivity contribution in [3.63, 3.8) is 0 Å². The number of nitrogens with zero attached hydrogens (tertiary/aromatic N) is 3. The van der Waals surface area contributed by atoms with E-state index in [0.717, 1.165) is 12.2 Å². The predicted molar refractivity (Wildman–Crippen MR) is 91.6 cm³/mol. The molecular weight excluding hydrogens is 296 g/mol. The second-order valence-corrected chi connectivity index (χ2v) is 6.85. The number of nitrogens with one attached hydrogen (secondary N) is 1. The zero-order chi connectivity index (χ0) is 14.3. The Bertz CT molecular complexity index is 645. The highest BCUT2D eigenvalue weighted by Crippen LogP contribution is 2.39. The Morgan fingerprint density at radius 3 is 2.91 bits per heavy atom. The van der Waals surface area contributed by atoms with E-state index >= 15 is 0 Å². The van der Waals surface area contributed by atoms with Crippen LogP contribution in [0.15, 0.2) is 24.5 Å². The molecule has 0 aliphatic carbocycles. The van der Waals surface area contributed by atoms with Crippen molar-refractivity contribution >= 4 is 18.1 Å². The highest BCUT2D eigenvalue weighted by atomic mass is 35.5. The molecule has 2 aromatic heterocycles. The van der Waals surface area contributed by atoms with Crippen molar-refractivity contribution in [2.45, 2.75) is 32.7 Å². The van der Waals surface area contributed by atoms with Crippen LogP contribution in [0.25, 0.3) is 5.65 Å². The molecule has 0 saturated carbocycles. The number of rotatable bonds is 2. The molecular formula is C17H25ClN4. The van der Waals surface area contributed by atoms with Crippen LogP contribution in [0.2, 0.25) is 0 Å². The highest BCUT2D eigenvalue weighted by molar-refractivity contribution is 5.85. The molecule has 1 N–H and O–H groups in total. The predicted octanol–water partition coefficient (Wildman–Crippen LogP) is 2.64. The number of aryl methyl sites for hydroxylation is 1. The molecule has 22 heavy (non-hydrogen) atoms. The SMILES string of the molecule is Cc1cccn2c(CN3CCC4(CCNCC4)C3)cnc12.Cl. The number of aromatic nitrogens is 2. The van der Waals surface area contributed by atoms with Gasteiger partial charge in [0.05, 0.1) is 11.9 Å². The number of imidazole rings is 1. The van der Waals surface area contributed by atoms with Crippen molar-refractivity contribution < 1.29 is 0 Å². The second kappa shape index (κ2) is 6.19. The molecule has 2 aliphatic rings. The molecule has 2 saturated heterocycles. The molecule has 2 aromatic rings. The van der Waals surface area contributed by atoms with Gasteiger partial charge in [0.25, 0.3) is 0 Å². The average Bonchev–Trinajstić information content (AvgIpc) is 3.07. The molecule has 0 bridgehead atoms. The van der Waals surface area contributed by atoms with Gasteiger partial charge in [-0.1, -0.05) is 6.07 Å². The monoisotopic (exact) mass is 320 g/mol. The first-order chi connectivity index (χ1) is 10.3. The second-order valence-electron chi connectivity index (χ2n) is 6.85. The molecule has 0 unspecified atom stereocenters. The van der Waals surface area contributed by atoms with E-state index in [1.807, 2.05) is 0 Å². The Labute approximate surface area is 138 Å². The van der Waals surface area contributed by atoms with Crippen molar-refractivity contribution in [2.24, 2.45) is 5.41 Å². The molecule has 1 spiro atoms. The molecule has 0 atom stereocenters. The zero-order valence-corrected chi connectivity index (χ0v) is 14.0.